The zero-order valence-corrected chi connectivity index (χ0v) is 9.44. The highest BCUT2D eigenvalue weighted by Crippen LogP contribution is 2.33. The molecule has 78 valence electrons. The summed E-state index contributed by atoms with van der Waals surface area (Å²) in [4.78, 5) is 0. The van der Waals surface area contributed by atoms with E-state index in [-0.39, 0.29) is 0 Å². The van der Waals surface area contributed by atoms with Crippen LogP contribution < -0.4 is 5.32 Å². The molecule has 0 bridgehead atoms. The lowest BCUT2D eigenvalue weighted by Gasteiger charge is -1.94. The van der Waals surface area contributed by atoms with Crippen molar-refractivity contribution in [3.63, 3.8) is 0 Å². The summed E-state index contributed by atoms with van der Waals surface area (Å²) in [5, 5.41) is 14.0. The molecule has 1 aliphatic carbocycles. The fourth-order valence-corrected chi connectivity index (χ4v) is 2.46. The summed E-state index contributed by atoms with van der Waals surface area (Å²) in [5.74, 6) is 0.924. The maximum atomic E-state index is 4.22. The molecular formula is C10H17N3S. The van der Waals surface area contributed by atoms with Crippen LogP contribution in [0.1, 0.15) is 29.3 Å². The van der Waals surface area contributed by atoms with E-state index in [0.29, 0.717) is 0 Å². The SMILES string of the molecule is CNCCCc1nnc(CC2CC2)s1. The Labute approximate surface area is 88.9 Å². The minimum atomic E-state index is 0.924. The van der Waals surface area contributed by atoms with E-state index in [0.717, 1.165) is 25.3 Å². The van der Waals surface area contributed by atoms with E-state index < -0.39 is 0 Å². The molecular weight excluding hydrogens is 194 g/mol. The van der Waals surface area contributed by atoms with Gasteiger partial charge in [-0.3, -0.25) is 0 Å². The Kier molecular flexibility index (Phi) is 3.48. The molecule has 0 aliphatic heterocycles. The average molecular weight is 211 g/mol. The molecule has 0 saturated heterocycles. The molecule has 0 aromatic carbocycles. The molecule has 1 N–H and O–H groups in total. The zero-order valence-electron chi connectivity index (χ0n) is 8.62. The Morgan fingerprint density at radius 2 is 2.14 bits per heavy atom. The van der Waals surface area contributed by atoms with Crippen molar-refractivity contribution in [1.29, 1.82) is 0 Å². The van der Waals surface area contributed by atoms with E-state index in [4.69, 9.17) is 0 Å². The number of hydrogen-bond acceptors (Lipinski definition) is 4. The molecule has 1 aromatic heterocycles. The smallest absolute Gasteiger partial charge is 0.117 e. The molecule has 0 atom stereocenters. The van der Waals surface area contributed by atoms with Crippen molar-refractivity contribution in [3.8, 4) is 0 Å². The lowest BCUT2D eigenvalue weighted by molar-refractivity contribution is 0.716. The third-order valence-corrected chi connectivity index (χ3v) is 3.49. The normalized spacial score (nSPS) is 16.1. The molecule has 1 saturated carbocycles. The highest BCUT2D eigenvalue weighted by Gasteiger charge is 2.23. The first-order chi connectivity index (χ1) is 6.88. The quantitative estimate of drug-likeness (QED) is 0.727. The van der Waals surface area contributed by atoms with Gasteiger partial charge in [-0.1, -0.05) is 0 Å². The molecule has 2 rings (SSSR count). The van der Waals surface area contributed by atoms with Crippen LogP contribution in [0.15, 0.2) is 0 Å². The molecule has 0 radical (unpaired) electrons. The van der Waals surface area contributed by atoms with Crippen LogP contribution in [0.4, 0.5) is 0 Å². The maximum Gasteiger partial charge on any atom is 0.117 e. The minimum absolute atomic E-state index is 0.924. The molecule has 1 fully saturated rings. The summed E-state index contributed by atoms with van der Waals surface area (Å²) in [7, 11) is 1.98. The highest BCUT2D eigenvalue weighted by atomic mass is 32.1. The highest BCUT2D eigenvalue weighted by molar-refractivity contribution is 7.11. The third kappa shape index (κ3) is 3.03. The van der Waals surface area contributed by atoms with Crippen LogP contribution >= 0.6 is 11.3 Å². The zero-order chi connectivity index (χ0) is 9.80. The Bertz CT molecular complexity index is 281. The number of hydrogen-bond donors (Lipinski definition) is 1. The Hall–Kier alpha value is -0.480. The van der Waals surface area contributed by atoms with Gasteiger partial charge in [-0.15, -0.1) is 21.5 Å². The largest absolute Gasteiger partial charge is 0.320 e. The molecule has 1 aliphatic rings. The number of rotatable bonds is 6. The lowest BCUT2D eigenvalue weighted by Crippen LogP contribution is -2.08. The van der Waals surface area contributed by atoms with Crippen LogP contribution in [-0.4, -0.2) is 23.8 Å². The van der Waals surface area contributed by atoms with Crippen molar-refractivity contribution >= 4 is 11.3 Å². The molecule has 1 heterocycles. The molecule has 4 heteroatoms. The summed E-state index contributed by atoms with van der Waals surface area (Å²) >= 11 is 1.80. The monoisotopic (exact) mass is 211 g/mol. The average Bonchev–Trinajstić information content (AvgIpc) is 2.87. The van der Waals surface area contributed by atoms with Crippen LogP contribution in [0.25, 0.3) is 0 Å². The van der Waals surface area contributed by atoms with Crippen molar-refractivity contribution in [2.75, 3.05) is 13.6 Å². The van der Waals surface area contributed by atoms with Gasteiger partial charge in [-0.05, 0) is 38.8 Å². The van der Waals surface area contributed by atoms with Gasteiger partial charge in [-0.25, -0.2) is 0 Å². The number of nitrogens with one attached hydrogen (secondary N) is 1. The Balaban J connectivity index is 1.76. The molecule has 14 heavy (non-hydrogen) atoms. The van der Waals surface area contributed by atoms with E-state index in [9.17, 15) is 0 Å². The molecule has 0 unspecified atom stereocenters. The number of nitrogens with zero attached hydrogens (tertiary/aromatic N) is 2. The van der Waals surface area contributed by atoms with Crippen molar-refractivity contribution in [2.45, 2.75) is 32.1 Å². The molecule has 3 nitrogen and oxygen atoms in total. The third-order valence-electron chi connectivity index (χ3n) is 2.49. The summed E-state index contributed by atoms with van der Waals surface area (Å²) < 4.78 is 0. The van der Waals surface area contributed by atoms with E-state index in [1.54, 1.807) is 11.3 Å². The summed E-state index contributed by atoms with van der Waals surface area (Å²) in [6, 6.07) is 0. The van der Waals surface area contributed by atoms with E-state index in [2.05, 4.69) is 15.5 Å². The van der Waals surface area contributed by atoms with Crippen molar-refractivity contribution < 1.29 is 0 Å². The van der Waals surface area contributed by atoms with Gasteiger partial charge in [0.15, 0.2) is 0 Å². The molecule has 0 spiro atoms. The fraction of sp³-hybridized carbons (Fsp3) is 0.800. The predicted octanol–water partition coefficient (Wildman–Crippen LogP) is 1.64. The molecule has 1 aromatic rings. The first kappa shape index (κ1) is 10.1. The number of aromatic nitrogens is 2. The van der Waals surface area contributed by atoms with Gasteiger partial charge >= 0.3 is 0 Å². The second kappa shape index (κ2) is 4.84. The van der Waals surface area contributed by atoms with E-state index >= 15 is 0 Å². The van der Waals surface area contributed by atoms with Gasteiger partial charge in [0.2, 0.25) is 0 Å². The minimum Gasteiger partial charge on any atom is -0.320 e. The standard InChI is InChI=1S/C10H17N3S/c1-11-6-2-3-9-12-13-10(14-9)7-8-4-5-8/h8,11H,2-7H2,1H3. The first-order valence-corrected chi connectivity index (χ1v) is 6.16. The van der Waals surface area contributed by atoms with Gasteiger partial charge in [-0.2, -0.15) is 0 Å². The molecule has 0 amide bonds. The lowest BCUT2D eigenvalue weighted by atomic mass is 10.3. The van der Waals surface area contributed by atoms with Crippen molar-refractivity contribution in [3.05, 3.63) is 10.0 Å². The van der Waals surface area contributed by atoms with Crippen LogP contribution in [0.2, 0.25) is 0 Å². The summed E-state index contributed by atoms with van der Waals surface area (Å²) in [6.45, 7) is 1.07. The van der Waals surface area contributed by atoms with Gasteiger partial charge in [0.1, 0.15) is 10.0 Å². The second-order valence-corrected chi connectivity index (χ2v) is 5.09. The Morgan fingerprint density at radius 3 is 2.86 bits per heavy atom. The van der Waals surface area contributed by atoms with Gasteiger partial charge in [0.05, 0.1) is 0 Å². The van der Waals surface area contributed by atoms with E-state index in [1.165, 1.54) is 29.3 Å². The second-order valence-electron chi connectivity index (χ2n) is 3.94. The topological polar surface area (TPSA) is 37.8 Å². The predicted molar refractivity (Wildman–Crippen MR) is 58.6 cm³/mol. The van der Waals surface area contributed by atoms with Crippen LogP contribution in [0.3, 0.4) is 0 Å². The van der Waals surface area contributed by atoms with Gasteiger partial charge in [0.25, 0.3) is 0 Å². The van der Waals surface area contributed by atoms with Crippen molar-refractivity contribution in [1.82, 2.24) is 15.5 Å². The van der Waals surface area contributed by atoms with Crippen molar-refractivity contribution in [2.24, 2.45) is 5.92 Å². The summed E-state index contributed by atoms with van der Waals surface area (Å²) in [5.41, 5.74) is 0. The van der Waals surface area contributed by atoms with Crippen LogP contribution in [0, 0.1) is 5.92 Å². The number of aryl methyl sites for hydroxylation is 1. The van der Waals surface area contributed by atoms with E-state index in [1.807, 2.05) is 7.05 Å². The van der Waals surface area contributed by atoms with Crippen LogP contribution in [0.5, 0.6) is 0 Å². The summed E-state index contributed by atoms with van der Waals surface area (Å²) in [6.07, 6.45) is 6.20. The first-order valence-electron chi connectivity index (χ1n) is 5.34. The fourth-order valence-electron chi connectivity index (χ4n) is 1.46. The Morgan fingerprint density at radius 1 is 1.36 bits per heavy atom. The van der Waals surface area contributed by atoms with Gasteiger partial charge < -0.3 is 5.32 Å². The van der Waals surface area contributed by atoms with Crippen LogP contribution in [-0.2, 0) is 12.8 Å². The maximum absolute atomic E-state index is 4.22. The van der Waals surface area contributed by atoms with Gasteiger partial charge in [0, 0.05) is 12.8 Å².